The molecule has 0 unspecified atom stereocenters. The van der Waals surface area contributed by atoms with Crippen LogP contribution in [0.1, 0.15) is 20.8 Å². The molecule has 16 heavy (non-hydrogen) atoms. The molecule has 1 amide bonds. The van der Waals surface area contributed by atoms with Crippen molar-refractivity contribution >= 4 is 11.7 Å². The number of oxime groups is 1. The number of likely N-dealkylation sites (N-methyl/N-ethyl adjacent to an activating group) is 1. The molecule has 0 saturated heterocycles. The molecule has 0 radical (unpaired) electrons. The van der Waals surface area contributed by atoms with Crippen molar-refractivity contribution in [1.29, 1.82) is 0 Å². The molecule has 0 heterocycles. The van der Waals surface area contributed by atoms with E-state index in [0.29, 0.717) is 19.8 Å². The van der Waals surface area contributed by atoms with Gasteiger partial charge in [-0.1, -0.05) is 5.16 Å². The molecule has 0 aromatic carbocycles. The summed E-state index contributed by atoms with van der Waals surface area (Å²) in [6.45, 7) is 6.69. The highest BCUT2D eigenvalue weighted by molar-refractivity contribution is 6.05. The fraction of sp³-hybridized carbons (Fsp3) is 0.800. The summed E-state index contributed by atoms with van der Waals surface area (Å²) < 4.78 is 5.15. The van der Waals surface area contributed by atoms with Gasteiger partial charge in [0.1, 0.15) is 5.41 Å². The van der Waals surface area contributed by atoms with Crippen LogP contribution in [-0.4, -0.2) is 48.7 Å². The lowest BCUT2D eigenvalue weighted by Gasteiger charge is -2.28. The molecule has 0 aliphatic heterocycles. The number of carbonyl (C=O) groups is 1. The number of ether oxygens (including phenoxy) is 1. The predicted octanol–water partition coefficient (Wildman–Crippen LogP) is 0.254. The van der Waals surface area contributed by atoms with Gasteiger partial charge in [-0.15, -0.1) is 0 Å². The Morgan fingerprint density at radius 2 is 2.12 bits per heavy atom. The van der Waals surface area contributed by atoms with Crippen molar-refractivity contribution in [2.24, 2.45) is 16.3 Å². The molecule has 0 aromatic rings. The normalized spacial score (nSPS) is 12.6. The number of amides is 1. The standard InChI is InChI=1S/C10H21N3O3/c1-5-16-7-6-13(4)9(14)10(2,3)8(11)12-15/h15H,5-7H2,1-4H3,(H2,11,12). The van der Waals surface area contributed by atoms with E-state index >= 15 is 0 Å². The lowest BCUT2D eigenvalue weighted by Crippen LogP contribution is -2.47. The van der Waals surface area contributed by atoms with Crippen molar-refractivity contribution in [2.75, 3.05) is 26.8 Å². The molecule has 6 heteroatoms. The number of carbonyl (C=O) groups excluding carboxylic acids is 1. The molecule has 0 aliphatic rings. The van der Waals surface area contributed by atoms with Crippen LogP contribution in [0, 0.1) is 5.41 Å². The fourth-order valence-corrected chi connectivity index (χ4v) is 1.16. The highest BCUT2D eigenvalue weighted by Crippen LogP contribution is 2.18. The minimum absolute atomic E-state index is 0.0965. The van der Waals surface area contributed by atoms with E-state index in [0.717, 1.165) is 0 Å². The Labute approximate surface area is 96.0 Å². The minimum atomic E-state index is -1.00. The van der Waals surface area contributed by atoms with Crippen LogP contribution in [0.5, 0.6) is 0 Å². The van der Waals surface area contributed by atoms with Gasteiger partial charge in [0.15, 0.2) is 5.84 Å². The van der Waals surface area contributed by atoms with Gasteiger partial charge in [-0.3, -0.25) is 4.79 Å². The third-order valence-corrected chi connectivity index (χ3v) is 2.40. The van der Waals surface area contributed by atoms with Crippen LogP contribution in [0.25, 0.3) is 0 Å². The smallest absolute Gasteiger partial charge is 0.235 e. The number of rotatable bonds is 6. The topological polar surface area (TPSA) is 88.2 Å². The van der Waals surface area contributed by atoms with E-state index in [-0.39, 0.29) is 11.7 Å². The van der Waals surface area contributed by atoms with Crippen LogP contribution in [0.3, 0.4) is 0 Å². The average molecular weight is 231 g/mol. The number of nitrogens with zero attached hydrogens (tertiary/aromatic N) is 2. The van der Waals surface area contributed by atoms with Crippen LogP contribution >= 0.6 is 0 Å². The first kappa shape index (κ1) is 14.7. The van der Waals surface area contributed by atoms with E-state index in [9.17, 15) is 4.79 Å². The van der Waals surface area contributed by atoms with Gasteiger partial charge in [-0.2, -0.15) is 0 Å². The largest absolute Gasteiger partial charge is 0.409 e. The van der Waals surface area contributed by atoms with Crippen molar-refractivity contribution in [2.45, 2.75) is 20.8 Å². The van der Waals surface area contributed by atoms with Crippen LogP contribution in [0.4, 0.5) is 0 Å². The Balaban J connectivity index is 4.42. The Kier molecular flexibility index (Phi) is 5.81. The quantitative estimate of drug-likeness (QED) is 0.225. The van der Waals surface area contributed by atoms with Crippen LogP contribution in [0.15, 0.2) is 5.16 Å². The third kappa shape index (κ3) is 3.69. The summed E-state index contributed by atoms with van der Waals surface area (Å²) in [5, 5.41) is 11.5. The Hall–Kier alpha value is -1.30. The summed E-state index contributed by atoms with van der Waals surface area (Å²) >= 11 is 0. The molecule has 0 atom stereocenters. The second kappa shape index (κ2) is 6.32. The Bertz CT molecular complexity index is 264. The van der Waals surface area contributed by atoms with Gasteiger partial charge < -0.3 is 20.6 Å². The van der Waals surface area contributed by atoms with Gasteiger partial charge in [0, 0.05) is 20.2 Å². The summed E-state index contributed by atoms with van der Waals surface area (Å²) in [4.78, 5) is 13.5. The molecule has 6 nitrogen and oxygen atoms in total. The van der Waals surface area contributed by atoms with Gasteiger partial charge in [0.25, 0.3) is 0 Å². The highest BCUT2D eigenvalue weighted by Gasteiger charge is 2.34. The summed E-state index contributed by atoms with van der Waals surface area (Å²) in [5.74, 6) is -0.303. The first-order valence-electron chi connectivity index (χ1n) is 5.19. The van der Waals surface area contributed by atoms with Crippen molar-refractivity contribution in [1.82, 2.24) is 4.90 Å². The molecule has 0 fully saturated rings. The van der Waals surface area contributed by atoms with Gasteiger partial charge in [-0.05, 0) is 20.8 Å². The maximum Gasteiger partial charge on any atom is 0.235 e. The van der Waals surface area contributed by atoms with E-state index in [1.807, 2.05) is 6.92 Å². The third-order valence-electron chi connectivity index (χ3n) is 2.40. The first-order chi connectivity index (χ1) is 7.37. The van der Waals surface area contributed by atoms with Gasteiger partial charge in [0.2, 0.25) is 5.91 Å². The molecule has 0 saturated carbocycles. The summed E-state index contributed by atoms with van der Waals surface area (Å²) in [6, 6.07) is 0. The maximum absolute atomic E-state index is 12.0. The summed E-state index contributed by atoms with van der Waals surface area (Å²) in [5.41, 5.74) is 4.46. The molecular weight excluding hydrogens is 210 g/mol. The van der Waals surface area contributed by atoms with Crippen LogP contribution < -0.4 is 5.73 Å². The Morgan fingerprint density at radius 1 is 1.56 bits per heavy atom. The molecule has 0 spiro atoms. The lowest BCUT2D eigenvalue weighted by atomic mass is 9.90. The molecule has 94 valence electrons. The number of nitrogens with two attached hydrogens (primary N) is 1. The van der Waals surface area contributed by atoms with E-state index in [1.165, 1.54) is 4.90 Å². The zero-order valence-corrected chi connectivity index (χ0v) is 10.4. The molecular formula is C10H21N3O3. The number of amidine groups is 1. The number of hydrogen-bond acceptors (Lipinski definition) is 4. The van der Waals surface area contributed by atoms with Crippen LogP contribution in [0.2, 0.25) is 0 Å². The SMILES string of the molecule is CCOCCN(C)C(=O)C(C)(C)C(N)=NO. The zero-order chi connectivity index (χ0) is 12.8. The average Bonchev–Trinajstić information content (AvgIpc) is 2.26. The molecule has 3 N–H and O–H groups in total. The highest BCUT2D eigenvalue weighted by atomic mass is 16.5. The van der Waals surface area contributed by atoms with E-state index < -0.39 is 5.41 Å². The van der Waals surface area contributed by atoms with Crippen molar-refractivity contribution < 1.29 is 14.7 Å². The van der Waals surface area contributed by atoms with Crippen molar-refractivity contribution in [3.05, 3.63) is 0 Å². The predicted molar refractivity (Wildman–Crippen MR) is 61.3 cm³/mol. The van der Waals surface area contributed by atoms with E-state index in [1.54, 1.807) is 20.9 Å². The van der Waals surface area contributed by atoms with Crippen LogP contribution in [-0.2, 0) is 9.53 Å². The molecule has 0 bridgehead atoms. The molecule has 0 rings (SSSR count). The van der Waals surface area contributed by atoms with E-state index in [2.05, 4.69) is 5.16 Å². The first-order valence-corrected chi connectivity index (χ1v) is 5.19. The van der Waals surface area contributed by atoms with Gasteiger partial charge in [-0.25, -0.2) is 0 Å². The van der Waals surface area contributed by atoms with Gasteiger partial charge >= 0.3 is 0 Å². The monoisotopic (exact) mass is 231 g/mol. The fourth-order valence-electron chi connectivity index (χ4n) is 1.16. The van der Waals surface area contributed by atoms with Gasteiger partial charge in [0.05, 0.1) is 6.61 Å². The van der Waals surface area contributed by atoms with Crippen molar-refractivity contribution in [3.63, 3.8) is 0 Å². The minimum Gasteiger partial charge on any atom is -0.409 e. The second-order valence-corrected chi connectivity index (χ2v) is 4.03. The Morgan fingerprint density at radius 3 is 2.56 bits per heavy atom. The molecule has 0 aliphatic carbocycles. The molecule has 0 aromatic heterocycles. The zero-order valence-electron chi connectivity index (χ0n) is 10.4. The summed E-state index contributed by atoms with van der Waals surface area (Å²) in [7, 11) is 1.66. The van der Waals surface area contributed by atoms with Crippen molar-refractivity contribution in [3.8, 4) is 0 Å². The summed E-state index contributed by atoms with van der Waals surface area (Å²) in [6.07, 6.45) is 0. The maximum atomic E-state index is 12.0. The van der Waals surface area contributed by atoms with E-state index in [4.69, 9.17) is 15.7 Å². The lowest BCUT2D eigenvalue weighted by molar-refractivity contribution is -0.136. The second-order valence-electron chi connectivity index (χ2n) is 4.03. The number of hydrogen-bond donors (Lipinski definition) is 2.